The summed E-state index contributed by atoms with van der Waals surface area (Å²) in [5, 5.41) is 8.51. The van der Waals surface area contributed by atoms with Crippen molar-refractivity contribution in [2.75, 3.05) is 0 Å². The Morgan fingerprint density at radius 2 is 2.00 bits per heavy atom. The first-order chi connectivity index (χ1) is 8.20. The molecule has 0 fully saturated rings. The van der Waals surface area contributed by atoms with E-state index in [1.54, 1.807) is 0 Å². The molecule has 0 bridgehead atoms. The van der Waals surface area contributed by atoms with Crippen molar-refractivity contribution in [3.8, 4) is 5.75 Å². The molecule has 0 aliphatic carbocycles. The van der Waals surface area contributed by atoms with E-state index in [2.05, 4.69) is 4.74 Å². The minimum absolute atomic E-state index is 0.123. The van der Waals surface area contributed by atoms with Crippen molar-refractivity contribution in [2.24, 2.45) is 0 Å². The fourth-order valence-corrected chi connectivity index (χ4v) is 1.56. The van der Waals surface area contributed by atoms with E-state index in [4.69, 9.17) is 28.3 Å². The van der Waals surface area contributed by atoms with Crippen molar-refractivity contribution >= 4 is 29.2 Å². The number of carbonyl (C=O) groups is 1. The summed E-state index contributed by atoms with van der Waals surface area (Å²) >= 11 is 11.2. The first-order valence-electron chi connectivity index (χ1n) is 4.60. The van der Waals surface area contributed by atoms with Crippen molar-refractivity contribution in [3.05, 3.63) is 28.2 Å². The van der Waals surface area contributed by atoms with Crippen molar-refractivity contribution in [2.45, 2.75) is 18.7 Å². The summed E-state index contributed by atoms with van der Waals surface area (Å²) in [5.41, 5.74) is 0. The van der Waals surface area contributed by atoms with Crippen LogP contribution < -0.4 is 4.74 Å². The van der Waals surface area contributed by atoms with Gasteiger partial charge in [0.15, 0.2) is 0 Å². The summed E-state index contributed by atoms with van der Waals surface area (Å²) in [5.74, 6) is -1.90. The Morgan fingerprint density at radius 1 is 1.39 bits per heavy atom. The highest BCUT2D eigenvalue weighted by Gasteiger charge is 2.43. The Labute approximate surface area is 110 Å². The number of rotatable bonds is 4. The molecule has 0 aliphatic rings. The van der Waals surface area contributed by atoms with Gasteiger partial charge in [-0.2, -0.15) is 13.2 Å². The zero-order valence-corrected chi connectivity index (χ0v) is 10.2. The molecule has 3 nitrogen and oxygen atoms in total. The molecule has 18 heavy (non-hydrogen) atoms. The standard InChI is InChI=1S/C10H7Cl2F3O3/c11-5-1-2-7(6(12)3-5)18-8(4-9(16)17)10(13,14)15/h1-3,8H,4H2,(H,16,17). The second kappa shape index (κ2) is 5.67. The van der Waals surface area contributed by atoms with Gasteiger partial charge in [-0.05, 0) is 18.2 Å². The molecule has 0 aliphatic heterocycles. The highest BCUT2D eigenvalue weighted by atomic mass is 35.5. The maximum absolute atomic E-state index is 12.5. The molecule has 0 aromatic heterocycles. The molecule has 1 aromatic rings. The number of carboxylic acid groups (broad SMARTS) is 1. The number of halogens is 5. The zero-order valence-electron chi connectivity index (χ0n) is 8.67. The van der Waals surface area contributed by atoms with Gasteiger partial charge in [-0.3, -0.25) is 4.79 Å². The fraction of sp³-hybridized carbons (Fsp3) is 0.300. The predicted molar refractivity (Wildman–Crippen MR) is 59.2 cm³/mol. The van der Waals surface area contributed by atoms with Crippen LogP contribution in [0, 0.1) is 0 Å². The lowest BCUT2D eigenvalue weighted by Crippen LogP contribution is -2.36. The maximum Gasteiger partial charge on any atom is 0.426 e. The Kier molecular flexibility index (Phi) is 4.70. The third-order valence-corrected chi connectivity index (χ3v) is 2.42. The minimum atomic E-state index is -4.80. The summed E-state index contributed by atoms with van der Waals surface area (Å²) in [4.78, 5) is 10.4. The van der Waals surface area contributed by atoms with Crippen LogP contribution in [-0.4, -0.2) is 23.4 Å². The van der Waals surface area contributed by atoms with Gasteiger partial charge in [-0.25, -0.2) is 0 Å². The number of carboxylic acids is 1. The van der Waals surface area contributed by atoms with Crippen LogP contribution >= 0.6 is 23.2 Å². The van der Waals surface area contributed by atoms with Gasteiger partial charge < -0.3 is 9.84 Å². The number of alkyl halides is 3. The number of ether oxygens (including phenoxy) is 1. The Hall–Kier alpha value is -1.14. The van der Waals surface area contributed by atoms with Gasteiger partial charge in [0.2, 0.25) is 6.10 Å². The molecule has 1 aromatic carbocycles. The van der Waals surface area contributed by atoms with E-state index in [0.717, 1.165) is 6.07 Å². The van der Waals surface area contributed by atoms with Crippen molar-refractivity contribution in [1.82, 2.24) is 0 Å². The molecule has 1 atom stereocenters. The van der Waals surface area contributed by atoms with E-state index < -0.39 is 24.7 Å². The number of aliphatic carboxylic acids is 1. The first-order valence-corrected chi connectivity index (χ1v) is 5.36. The highest BCUT2D eigenvalue weighted by Crippen LogP contribution is 2.32. The largest absolute Gasteiger partial charge is 0.481 e. The normalized spacial score (nSPS) is 13.2. The molecule has 0 radical (unpaired) electrons. The molecule has 1 unspecified atom stereocenters. The Balaban J connectivity index is 2.92. The molecule has 100 valence electrons. The van der Waals surface area contributed by atoms with Crippen LogP contribution in [0.2, 0.25) is 10.0 Å². The summed E-state index contributed by atoms with van der Waals surface area (Å²) in [6.45, 7) is 0. The minimum Gasteiger partial charge on any atom is -0.481 e. The fourth-order valence-electron chi connectivity index (χ4n) is 1.11. The molecule has 1 rings (SSSR count). The lowest BCUT2D eigenvalue weighted by Gasteiger charge is -2.20. The summed E-state index contributed by atoms with van der Waals surface area (Å²) < 4.78 is 42.1. The Bertz CT molecular complexity index is 448. The Morgan fingerprint density at radius 3 is 2.44 bits per heavy atom. The van der Waals surface area contributed by atoms with Gasteiger partial charge in [0.25, 0.3) is 0 Å². The molecule has 8 heteroatoms. The first kappa shape index (κ1) is 14.9. The number of hydrogen-bond acceptors (Lipinski definition) is 2. The lowest BCUT2D eigenvalue weighted by atomic mass is 10.2. The van der Waals surface area contributed by atoms with Crippen LogP contribution in [0.15, 0.2) is 18.2 Å². The van der Waals surface area contributed by atoms with Gasteiger partial charge in [0.05, 0.1) is 11.4 Å². The van der Waals surface area contributed by atoms with E-state index in [1.807, 2.05) is 0 Å². The smallest absolute Gasteiger partial charge is 0.426 e. The molecular formula is C10H7Cl2F3O3. The quantitative estimate of drug-likeness (QED) is 0.921. The van der Waals surface area contributed by atoms with Crippen LogP contribution in [0.3, 0.4) is 0 Å². The van der Waals surface area contributed by atoms with Crippen LogP contribution in [0.5, 0.6) is 5.75 Å². The van der Waals surface area contributed by atoms with Crippen LogP contribution in [-0.2, 0) is 4.79 Å². The maximum atomic E-state index is 12.5. The molecular weight excluding hydrogens is 296 g/mol. The average molecular weight is 303 g/mol. The predicted octanol–water partition coefficient (Wildman–Crippen LogP) is 3.78. The lowest BCUT2D eigenvalue weighted by molar-refractivity contribution is -0.200. The molecule has 0 spiro atoms. The number of benzene rings is 1. The third kappa shape index (κ3) is 4.27. The van der Waals surface area contributed by atoms with Gasteiger partial charge in [0, 0.05) is 5.02 Å². The third-order valence-electron chi connectivity index (χ3n) is 1.89. The molecule has 0 amide bonds. The number of hydrogen-bond donors (Lipinski definition) is 1. The van der Waals surface area contributed by atoms with Gasteiger partial charge in [-0.15, -0.1) is 0 Å². The average Bonchev–Trinajstić information content (AvgIpc) is 2.18. The van der Waals surface area contributed by atoms with E-state index in [1.165, 1.54) is 12.1 Å². The van der Waals surface area contributed by atoms with Crippen molar-refractivity contribution in [3.63, 3.8) is 0 Å². The monoisotopic (exact) mass is 302 g/mol. The molecule has 0 saturated carbocycles. The van der Waals surface area contributed by atoms with E-state index in [9.17, 15) is 18.0 Å². The van der Waals surface area contributed by atoms with Crippen molar-refractivity contribution < 1.29 is 27.8 Å². The summed E-state index contributed by atoms with van der Waals surface area (Å²) in [7, 11) is 0. The summed E-state index contributed by atoms with van der Waals surface area (Å²) in [6.07, 6.45) is -8.47. The second-order valence-electron chi connectivity index (χ2n) is 3.32. The zero-order chi connectivity index (χ0) is 13.9. The van der Waals surface area contributed by atoms with E-state index >= 15 is 0 Å². The van der Waals surface area contributed by atoms with E-state index in [0.29, 0.717) is 0 Å². The van der Waals surface area contributed by atoms with Crippen molar-refractivity contribution in [1.29, 1.82) is 0 Å². The van der Waals surface area contributed by atoms with Gasteiger partial charge >= 0.3 is 12.1 Å². The van der Waals surface area contributed by atoms with Crippen LogP contribution in [0.1, 0.15) is 6.42 Å². The topological polar surface area (TPSA) is 46.5 Å². The van der Waals surface area contributed by atoms with Crippen LogP contribution in [0.4, 0.5) is 13.2 Å². The van der Waals surface area contributed by atoms with Gasteiger partial charge in [0.1, 0.15) is 5.75 Å². The molecule has 0 saturated heterocycles. The molecule has 1 N–H and O–H groups in total. The SMILES string of the molecule is O=C(O)CC(Oc1ccc(Cl)cc1Cl)C(F)(F)F. The van der Waals surface area contributed by atoms with Gasteiger partial charge in [-0.1, -0.05) is 23.2 Å². The summed E-state index contributed by atoms with van der Waals surface area (Å²) in [6, 6.07) is 3.63. The van der Waals surface area contributed by atoms with Crippen LogP contribution in [0.25, 0.3) is 0 Å². The highest BCUT2D eigenvalue weighted by molar-refractivity contribution is 6.35. The second-order valence-corrected chi connectivity index (χ2v) is 4.16. The molecule has 0 heterocycles. The van der Waals surface area contributed by atoms with E-state index in [-0.39, 0.29) is 15.8 Å².